The van der Waals surface area contributed by atoms with Gasteiger partial charge in [0.2, 0.25) is 5.95 Å². The molecule has 0 atom stereocenters. The first-order valence-electron chi connectivity index (χ1n) is 15.3. The topological polar surface area (TPSA) is 79.8 Å². The SMILES string of the molecule is Cc1cc(C)c(OC(=O)N(Cc2cc(Cl)cc(Cl)c2)c2ccnc(Nc3cccc(OCCCN4CCCCC4)c3)n2)c(C)c1. The van der Waals surface area contributed by atoms with Crippen LogP contribution in [0.25, 0.3) is 0 Å². The van der Waals surface area contributed by atoms with Crippen LogP contribution in [0, 0.1) is 20.8 Å². The van der Waals surface area contributed by atoms with Gasteiger partial charge in [0, 0.05) is 34.5 Å². The van der Waals surface area contributed by atoms with E-state index >= 15 is 0 Å². The van der Waals surface area contributed by atoms with Gasteiger partial charge in [-0.2, -0.15) is 4.98 Å². The van der Waals surface area contributed by atoms with Gasteiger partial charge in [-0.3, -0.25) is 4.90 Å². The monoisotopic (exact) mass is 647 g/mol. The number of anilines is 3. The first-order valence-corrected chi connectivity index (χ1v) is 16.1. The summed E-state index contributed by atoms with van der Waals surface area (Å²) in [6, 6.07) is 18.5. The number of aromatic nitrogens is 2. The van der Waals surface area contributed by atoms with E-state index in [4.69, 9.17) is 32.7 Å². The molecule has 0 spiro atoms. The van der Waals surface area contributed by atoms with Gasteiger partial charge in [0.15, 0.2) is 0 Å². The van der Waals surface area contributed by atoms with Crippen LogP contribution in [0.5, 0.6) is 11.5 Å². The summed E-state index contributed by atoms with van der Waals surface area (Å²) in [5, 5.41) is 4.18. The maximum Gasteiger partial charge on any atom is 0.421 e. The highest BCUT2D eigenvalue weighted by Gasteiger charge is 2.23. The molecule has 1 fully saturated rings. The highest BCUT2D eigenvalue weighted by Crippen LogP contribution is 2.28. The molecule has 2 heterocycles. The van der Waals surface area contributed by atoms with Crippen LogP contribution in [0.3, 0.4) is 0 Å². The minimum Gasteiger partial charge on any atom is -0.493 e. The maximum atomic E-state index is 13.8. The fourth-order valence-corrected chi connectivity index (χ4v) is 6.18. The highest BCUT2D eigenvalue weighted by molar-refractivity contribution is 6.34. The van der Waals surface area contributed by atoms with Gasteiger partial charge in [-0.1, -0.05) is 53.4 Å². The largest absolute Gasteiger partial charge is 0.493 e. The van der Waals surface area contributed by atoms with Crippen LogP contribution in [0.4, 0.5) is 22.2 Å². The molecule has 45 heavy (non-hydrogen) atoms. The second kappa shape index (κ2) is 15.4. The van der Waals surface area contributed by atoms with Crippen LogP contribution in [-0.2, 0) is 6.54 Å². The van der Waals surface area contributed by atoms with Gasteiger partial charge >= 0.3 is 6.09 Å². The molecule has 236 valence electrons. The molecule has 10 heteroatoms. The van der Waals surface area contributed by atoms with Crippen molar-refractivity contribution in [2.24, 2.45) is 0 Å². The molecule has 3 aromatic carbocycles. The summed E-state index contributed by atoms with van der Waals surface area (Å²) in [4.78, 5) is 26.8. The van der Waals surface area contributed by atoms with E-state index in [-0.39, 0.29) is 6.54 Å². The van der Waals surface area contributed by atoms with E-state index in [9.17, 15) is 4.79 Å². The molecule has 4 aromatic rings. The maximum absolute atomic E-state index is 13.8. The van der Waals surface area contributed by atoms with Crippen molar-refractivity contribution in [1.82, 2.24) is 14.9 Å². The molecule has 0 aliphatic carbocycles. The third-order valence-electron chi connectivity index (χ3n) is 7.62. The molecule has 0 saturated carbocycles. The number of hydrogen-bond donors (Lipinski definition) is 1. The summed E-state index contributed by atoms with van der Waals surface area (Å²) in [5.74, 6) is 1.95. The normalized spacial score (nSPS) is 13.4. The third-order valence-corrected chi connectivity index (χ3v) is 8.06. The molecule has 1 amide bonds. The average molecular weight is 649 g/mol. The quantitative estimate of drug-likeness (QED) is 0.163. The second-order valence-electron chi connectivity index (χ2n) is 11.5. The summed E-state index contributed by atoms with van der Waals surface area (Å²) in [5.41, 5.74) is 4.31. The molecular formula is C35H39Cl2N5O3. The molecule has 5 rings (SSSR count). The van der Waals surface area contributed by atoms with Crippen molar-refractivity contribution in [3.63, 3.8) is 0 Å². The summed E-state index contributed by atoms with van der Waals surface area (Å²) < 4.78 is 12.0. The summed E-state index contributed by atoms with van der Waals surface area (Å²) in [7, 11) is 0. The Morgan fingerprint density at radius 2 is 1.69 bits per heavy atom. The number of carbonyl (C=O) groups excluding carboxylic acids is 1. The van der Waals surface area contributed by atoms with Crippen LogP contribution >= 0.6 is 23.2 Å². The fourth-order valence-electron chi connectivity index (χ4n) is 5.61. The lowest BCUT2D eigenvalue weighted by Crippen LogP contribution is -2.34. The van der Waals surface area contributed by atoms with E-state index in [1.54, 1.807) is 30.5 Å². The van der Waals surface area contributed by atoms with Crippen molar-refractivity contribution >= 4 is 46.7 Å². The van der Waals surface area contributed by atoms with E-state index in [0.29, 0.717) is 34.2 Å². The van der Waals surface area contributed by atoms with Gasteiger partial charge in [0.25, 0.3) is 0 Å². The van der Waals surface area contributed by atoms with Gasteiger partial charge in [0.1, 0.15) is 17.3 Å². The molecule has 1 aliphatic heterocycles. The van der Waals surface area contributed by atoms with Crippen LogP contribution < -0.4 is 19.7 Å². The number of piperidine rings is 1. The number of aryl methyl sites for hydroxylation is 3. The Labute approximate surface area is 275 Å². The van der Waals surface area contributed by atoms with Gasteiger partial charge in [-0.15, -0.1) is 0 Å². The lowest BCUT2D eigenvalue weighted by Gasteiger charge is -2.26. The predicted octanol–water partition coefficient (Wildman–Crippen LogP) is 8.91. The van der Waals surface area contributed by atoms with E-state index in [0.717, 1.165) is 46.7 Å². The lowest BCUT2D eigenvalue weighted by atomic mass is 10.1. The van der Waals surface area contributed by atoms with Crippen molar-refractivity contribution in [2.45, 2.75) is 53.0 Å². The molecule has 0 unspecified atom stereocenters. The first kappa shape index (κ1) is 32.5. The van der Waals surface area contributed by atoms with Crippen LogP contribution in [0.15, 0.2) is 66.9 Å². The van der Waals surface area contributed by atoms with Crippen LogP contribution in [-0.4, -0.2) is 47.2 Å². The van der Waals surface area contributed by atoms with Gasteiger partial charge in [-0.05, 0) is 106 Å². The van der Waals surface area contributed by atoms with E-state index in [2.05, 4.69) is 20.2 Å². The minimum atomic E-state index is -0.592. The van der Waals surface area contributed by atoms with Crippen molar-refractivity contribution in [1.29, 1.82) is 0 Å². The van der Waals surface area contributed by atoms with E-state index in [1.165, 1.54) is 37.3 Å². The number of benzene rings is 3. The zero-order valence-electron chi connectivity index (χ0n) is 26.0. The fraction of sp³-hybridized carbons (Fsp3) is 0.343. The Morgan fingerprint density at radius 1 is 0.956 bits per heavy atom. The van der Waals surface area contributed by atoms with Crippen molar-refractivity contribution in [3.8, 4) is 11.5 Å². The van der Waals surface area contributed by atoms with Crippen molar-refractivity contribution in [2.75, 3.05) is 36.5 Å². The zero-order chi connectivity index (χ0) is 31.8. The number of hydrogen-bond acceptors (Lipinski definition) is 7. The lowest BCUT2D eigenvalue weighted by molar-refractivity contribution is 0.205. The number of nitrogens with one attached hydrogen (secondary N) is 1. The third kappa shape index (κ3) is 9.33. The summed E-state index contributed by atoms with van der Waals surface area (Å²) in [6.07, 6.45) is 5.90. The van der Waals surface area contributed by atoms with Crippen LogP contribution in [0.2, 0.25) is 10.0 Å². The standard InChI is InChI=1S/C35H39Cl2N5O3/c1-24-17-25(2)33(26(3)18-24)45-35(43)42(23-27-19-28(36)21-29(37)20-27)32-11-12-38-34(40-32)39-30-9-7-10-31(22-30)44-16-8-15-41-13-5-4-6-14-41/h7,9-12,17-22H,4-6,8,13-16,23H2,1-3H3,(H,38,39,40). The minimum absolute atomic E-state index is 0.125. The Hall–Kier alpha value is -3.85. The molecular weight excluding hydrogens is 609 g/mol. The average Bonchev–Trinajstić information content (AvgIpc) is 3.00. The number of ether oxygens (including phenoxy) is 2. The Balaban J connectivity index is 1.32. The Bertz CT molecular complexity index is 1580. The van der Waals surface area contributed by atoms with Crippen molar-refractivity contribution in [3.05, 3.63) is 99.2 Å². The van der Waals surface area contributed by atoms with Crippen molar-refractivity contribution < 1.29 is 14.3 Å². The number of amides is 1. The molecule has 1 aromatic heterocycles. The number of likely N-dealkylation sites (tertiary alicyclic amines) is 1. The number of carbonyl (C=O) groups is 1. The number of nitrogens with zero attached hydrogens (tertiary/aromatic N) is 4. The first-order chi connectivity index (χ1) is 21.7. The molecule has 0 radical (unpaired) electrons. The van der Waals surface area contributed by atoms with Gasteiger partial charge in [-0.25, -0.2) is 9.78 Å². The number of halogens is 2. The van der Waals surface area contributed by atoms with Crippen LogP contribution in [0.1, 0.15) is 47.9 Å². The molecule has 1 saturated heterocycles. The second-order valence-corrected chi connectivity index (χ2v) is 12.3. The van der Waals surface area contributed by atoms with Gasteiger partial charge < -0.3 is 19.7 Å². The van der Waals surface area contributed by atoms with E-state index in [1.807, 2.05) is 57.2 Å². The molecule has 1 N–H and O–H groups in total. The summed E-state index contributed by atoms with van der Waals surface area (Å²) in [6.45, 7) is 10.1. The predicted molar refractivity (Wildman–Crippen MR) is 181 cm³/mol. The molecule has 0 bridgehead atoms. The Kier molecular flexibility index (Phi) is 11.2. The Morgan fingerprint density at radius 3 is 2.42 bits per heavy atom. The summed E-state index contributed by atoms with van der Waals surface area (Å²) >= 11 is 12.6. The van der Waals surface area contributed by atoms with Gasteiger partial charge in [0.05, 0.1) is 13.2 Å². The molecule has 8 nitrogen and oxygen atoms in total. The van der Waals surface area contributed by atoms with E-state index < -0.39 is 6.09 Å². The zero-order valence-corrected chi connectivity index (χ0v) is 27.5. The number of rotatable bonds is 11. The highest BCUT2D eigenvalue weighted by atomic mass is 35.5. The smallest absolute Gasteiger partial charge is 0.421 e. The molecule has 1 aliphatic rings.